The summed E-state index contributed by atoms with van der Waals surface area (Å²) < 4.78 is 1.92. The van der Waals surface area contributed by atoms with Crippen molar-refractivity contribution in [1.82, 2.24) is 19.7 Å². The van der Waals surface area contributed by atoms with Crippen LogP contribution in [0.3, 0.4) is 0 Å². The van der Waals surface area contributed by atoms with Crippen molar-refractivity contribution in [2.24, 2.45) is 0 Å². The zero-order valence-electron chi connectivity index (χ0n) is 14.6. The van der Waals surface area contributed by atoms with Crippen molar-refractivity contribution in [3.8, 4) is 11.3 Å². The largest absolute Gasteiger partial charge is 0.347 e. The second-order valence-corrected chi connectivity index (χ2v) is 6.74. The molecule has 4 rings (SSSR count). The Morgan fingerprint density at radius 3 is 2.38 bits per heavy atom. The highest BCUT2D eigenvalue weighted by atomic mass is 35.5. The van der Waals surface area contributed by atoms with Gasteiger partial charge in [-0.3, -0.25) is 0 Å². The summed E-state index contributed by atoms with van der Waals surface area (Å²) in [5.74, 6) is 0.650. The van der Waals surface area contributed by atoms with E-state index < -0.39 is 0 Å². The maximum atomic E-state index is 6.04. The Morgan fingerprint density at radius 2 is 1.69 bits per heavy atom. The molecule has 2 heterocycles. The van der Waals surface area contributed by atoms with Crippen LogP contribution < -0.4 is 4.90 Å². The first-order valence-electron chi connectivity index (χ1n) is 8.32. The predicted molar refractivity (Wildman–Crippen MR) is 106 cm³/mol. The van der Waals surface area contributed by atoms with Gasteiger partial charge in [0.25, 0.3) is 0 Å². The van der Waals surface area contributed by atoms with Crippen LogP contribution in [0.25, 0.3) is 22.3 Å². The fraction of sp³-hybridized carbons (Fsp3) is 0.150. The molecular weight excluding hydrogens is 346 g/mol. The topological polar surface area (TPSA) is 46.8 Å². The lowest BCUT2D eigenvalue weighted by molar-refractivity contribution is 0.703. The minimum atomic E-state index is 0.650. The Bertz CT molecular complexity index is 1040. The molecule has 5 nitrogen and oxygen atoms in total. The van der Waals surface area contributed by atoms with Gasteiger partial charge in [0.2, 0.25) is 5.95 Å². The average molecular weight is 364 g/mol. The van der Waals surface area contributed by atoms with Gasteiger partial charge in [-0.15, -0.1) is 0 Å². The summed E-state index contributed by atoms with van der Waals surface area (Å²) in [5.41, 5.74) is 3.84. The van der Waals surface area contributed by atoms with Crippen LogP contribution in [0.15, 0.2) is 60.8 Å². The molecule has 0 fully saturated rings. The van der Waals surface area contributed by atoms with Crippen molar-refractivity contribution in [1.29, 1.82) is 0 Å². The zero-order valence-corrected chi connectivity index (χ0v) is 15.4. The average Bonchev–Trinajstić information content (AvgIpc) is 3.05. The number of hydrogen-bond donors (Lipinski definition) is 0. The number of fused-ring (bicyclic) bond motifs is 1. The van der Waals surface area contributed by atoms with Crippen LogP contribution in [0.2, 0.25) is 5.02 Å². The summed E-state index contributed by atoms with van der Waals surface area (Å²) in [6, 6.07) is 17.9. The van der Waals surface area contributed by atoms with Gasteiger partial charge in [0, 0.05) is 24.7 Å². The first kappa shape index (κ1) is 16.5. The van der Waals surface area contributed by atoms with Crippen molar-refractivity contribution in [3.63, 3.8) is 0 Å². The highest BCUT2D eigenvalue weighted by Crippen LogP contribution is 2.29. The van der Waals surface area contributed by atoms with Crippen LogP contribution in [0.1, 0.15) is 5.56 Å². The number of benzene rings is 2. The predicted octanol–water partition coefficient (Wildman–Crippen LogP) is 4.26. The first-order chi connectivity index (χ1) is 12.6. The van der Waals surface area contributed by atoms with Crippen LogP contribution in [0, 0.1) is 0 Å². The highest BCUT2D eigenvalue weighted by molar-refractivity contribution is 6.30. The SMILES string of the molecule is CN(C)c1nc(-c2ccc(Cl)cc2)c2cnn(Cc3ccccc3)c2n1. The number of halogens is 1. The molecule has 0 N–H and O–H groups in total. The smallest absolute Gasteiger partial charge is 0.227 e. The second-order valence-electron chi connectivity index (χ2n) is 6.30. The van der Waals surface area contributed by atoms with Crippen molar-refractivity contribution in [2.75, 3.05) is 19.0 Å². The van der Waals surface area contributed by atoms with E-state index in [0.29, 0.717) is 17.5 Å². The normalized spacial score (nSPS) is 11.0. The summed E-state index contributed by atoms with van der Waals surface area (Å²) in [6.45, 7) is 0.661. The van der Waals surface area contributed by atoms with Crippen LogP contribution >= 0.6 is 11.6 Å². The molecule has 26 heavy (non-hydrogen) atoms. The molecule has 0 amide bonds. The molecule has 2 aromatic carbocycles. The number of rotatable bonds is 4. The maximum absolute atomic E-state index is 6.04. The second kappa shape index (κ2) is 6.77. The van der Waals surface area contributed by atoms with Gasteiger partial charge in [0.05, 0.1) is 23.8 Å². The molecule has 0 saturated carbocycles. The van der Waals surface area contributed by atoms with E-state index in [9.17, 15) is 0 Å². The maximum Gasteiger partial charge on any atom is 0.227 e. The van der Waals surface area contributed by atoms with E-state index in [1.165, 1.54) is 5.56 Å². The molecule has 6 heteroatoms. The third kappa shape index (κ3) is 3.13. The molecule has 0 bridgehead atoms. The number of aromatic nitrogens is 4. The van der Waals surface area contributed by atoms with Crippen LogP contribution in [-0.4, -0.2) is 33.8 Å². The number of hydrogen-bond acceptors (Lipinski definition) is 4. The Morgan fingerprint density at radius 1 is 0.962 bits per heavy atom. The molecule has 0 radical (unpaired) electrons. The van der Waals surface area contributed by atoms with Crippen molar-refractivity contribution < 1.29 is 0 Å². The standard InChI is InChI=1S/C20H18ClN5/c1-25(2)20-23-18(15-8-10-16(21)11-9-15)17-12-22-26(19(17)24-20)13-14-6-4-3-5-7-14/h3-12H,13H2,1-2H3. The monoisotopic (exact) mass is 363 g/mol. The third-order valence-electron chi connectivity index (χ3n) is 4.18. The van der Waals surface area contributed by atoms with E-state index in [4.69, 9.17) is 21.6 Å². The molecule has 0 aliphatic heterocycles. The van der Waals surface area contributed by atoms with Crippen molar-refractivity contribution in [3.05, 3.63) is 71.4 Å². The number of anilines is 1. The van der Waals surface area contributed by atoms with Crippen LogP contribution in [0.4, 0.5) is 5.95 Å². The van der Waals surface area contributed by atoms with Crippen molar-refractivity contribution >= 4 is 28.6 Å². The van der Waals surface area contributed by atoms with E-state index in [2.05, 4.69) is 17.2 Å². The molecule has 2 aromatic heterocycles. The molecule has 0 aliphatic rings. The summed E-state index contributed by atoms with van der Waals surface area (Å²) in [5, 5.41) is 6.19. The van der Waals surface area contributed by atoms with Crippen molar-refractivity contribution in [2.45, 2.75) is 6.54 Å². The Kier molecular flexibility index (Phi) is 4.31. The molecule has 0 atom stereocenters. The molecule has 0 unspecified atom stereocenters. The fourth-order valence-electron chi connectivity index (χ4n) is 2.84. The van der Waals surface area contributed by atoms with Gasteiger partial charge in [-0.25, -0.2) is 9.67 Å². The molecule has 0 saturated heterocycles. The molecule has 4 aromatic rings. The summed E-state index contributed by atoms with van der Waals surface area (Å²) in [6.07, 6.45) is 1.83. The Balaban J connectivity index is 1.88. The quantitative estimate of drug-likeness (QED) is 0.543. The molecule has 0 spiro atoms. The summed E-state index contributed by atoms with van der Waals surface area (Å²) in [4.78, 5) is 11.4. The fourth-order valence-corrected chi connectivity index (χ4v) is 2.97. The van der Waals surface area contributed by atoms with Gasteiger partial charge in [0.15, 0.2) is 5.65 Å². The molecule has 0 aliphatic carbocycles. The van der Waals surface area contributed by atoms with Crippen LogP contribution in [0.5, 0.6) is 0 Å². The van der Waals surface area contributed by atoms with Gasteiger partial charge in [0.1, 0.15) is 0 Å². The third-order valence-corrected chi connectivity index (χ3v) is 4.43. The molecular formula is C20H18ClN5. The Hall–Kier alpha value is -2.92. The first-order valence-corrected chi connectivity index (χ1v) is 8.70. The van der Waals surface area contributed by atoms with Crippen LogP contribution in [-0.2, 0) is 6.54 Å². The van der Waals surface area contributed by atoms with E-state index >= 15 is 0 Å². The summed E-state index contributed by atoms with van der Waals surface area (Å²) >= 11 is 6.04. The minimum absolute atomic E-state index is 0.650. The van der Waals surface area contributed by atoms with Gasteiger partial charge >= 0.3 is 0 Å². The van der Waals surface area contributed by atoms with E-state index in [-0.39, 0.29) is 0 Å². The van der Waals surface area contributed by atoms with Gasteiger partial charge < -0.3 is 4.90 Å². The van der Waals surface area contributed by atoms with E-state index in [0.717, 1.165) is 22.3 Å². The summed E-state index contributed by atoms with van der Waals surface area (Å²) in [7, 11) is 3.87. The number of nitrogens with zero attached hydrogens (tertiary/aromatic N) is 5. The van der Waals surface area contributed by atoms with Gasteiger partial charge in [-0.05, 0) is 17.7 Å². The lowest BCUT2D eigenvalue weighted by Crippen LogP contribution is -2.14. The lowest BCUT2D eigenvalue weighted by Gasteiger charge is -2.13. The van der Waals surface area contributed by atoms with Gasteiger partial charge in [-0.1, -0.05) is 54.1 Å². The minimum Gasteiger partial charge on any atom is -0.347 e. The highest BCUT2D eigenvalue weighted by Gasteiger charge is 2.15. The van der Waals surface area contributed by atoms with E-state index in [1.54, 1.807) is 0 Å². The molecule has 130 valence electrons. The van der Waals surface area contributed by atoms with E-state index in [1.807, 2.05) is 72.3 Å². The Labute approximate surface area is 156 Å². The zero-order chi connectivity index (χ0) is 18.1. The van der Waals surface area contributed by atoms with Gasteiger partial charge in [-0.2, -0.15) is 10.1 Å². The lowest BCUT2D eigenvalue weighted by atomic mass is 10.1.